The van der Waals surface area contributed by atoms with Crippen molar-refractivity contribution in [3.05, 3.63) is 80.1 Å². The molecule has 1 amide bonds. The zero-order valence-electron chi connectivity index (χ0n) is 21.7. The smallest absolute Gasteiger partial charge is 0.280 e. The first kappa shape index (κ1) is 29.0. The van der Waals surface area contributed by atoms with Gasteiger partial charge >= 0.3 is 0 Å². The van der Waals surface area contributed by atoms with Gasteiger partial charge in [0.1, 0.15) is 0 Å². The fourth-order valence-electron chi connectivity index (χ4n) is 4.51. The van der Waals surface area contributed by atoms with Crippen molar-refractivity contribution in [1.82, 2.24) is 20.2 Å². The number of amides is 1. The fourth-order valence-corrected chi connectivity index (χ4v) is 5.06. The predicted octanol–water partition coefficient (Wildman–Crippen LogP) is 4.32. The summed E-state index contributed by atoms with van der Waals surface area (Å²) in [6, 6.07) is 18.6. The van der Waals surface area contributed by atoms with Crippen molar-refractivity contribution in [1.29, 1.82) is 0 Å². The minimum atomic E-state index is -0.598. The van der Waals surface area contributed by atoms with Gasteiger partial charge in [-0.1, -0.05) is 54.1 Å². The monoisotopic (exact) mass is 660 g/mol. The Morgan fingerprint density at radius 1 is 1.08 bits per heavy atom. The highest BCUT2D eigenvalue weighted by Crippen LogP contribution is 2.22. The maximum Gasteiger partial charge on any atom is 0.280 e. The van der Waals surface area contributed by atoms with Crippen molar-refractivity contribution in [2.45, 2.75) is 32.2 Å². The average molecular weight is 661 g/mol. The lowest BCUT2D eigenvalue weighted by atomic mass is 9.93. The molecule has 0 bridgehead atoms. The van der Waals surface area contributed by atoms with Crippen LogP contribution in [-0.2, 0) is 13.0 Å². The Hall–Kier alpha value is -2.96. The maximum atomic E-state index is 12.7. The number of hydrogen-bond acceptors (Lipinski definition) is 7. The molecule has 206 valence electrons. The molecule has 0 unspecified atom stereocenters. The van der Waals surface area contributed by atoms with Crippen LogP contribution in [0.25, 0.3) is 0 Å². The number of carbonyl (C=O) groups excluding carboxylic acids is 1. The average Bonchev–Trinajstić information content (AvgIpc) is 2.94. The fraction of sp³-hybridized carbons (Fsp3) is 0.357. The molecule has 9 nitrogen and oxygen atoms in total. The molecule has 1 aliphatic rings. The molecule has 11 heteroatoms. The van der Waals surface area contributed by atoms with E-state index in [0.29, 0.717) is 24.8 Å². The number of aliphatic imine (C=N–C) groups is 1. The van der Waals surface area contributed by atoms with Crippen LogP contribution in [-0.4, -0.2) is 52.9 Å². The van der Waals surface area contributed by atoms with Crippen molar-refractivity contribution in [2.75, 3.05) is 37.2 Å². The van der Waals surface area contributed by atoms with E-state index in [2.05, 4.69) is 83.4 Å². The quantitative estimate of drug-likeness (QED) is 0.145. The zero-order chi connectivity index (χ0) is 27.6. The highest BCUT2D eigenvalue weighted by Gasteiger charge is 2.20. The Morgan fingerprint density at radius 3 is 2.51 bits per heavy atom. The number of nitrogens with one attached hydrogen (secondary N) is 2. The molecule has 1 fully saturated rings. The second kappa shape index (κ2) is 14.4. The number of hydrogen-bond donors (Lipinski definition) is 4. The number of nitrogens with zero attached hydrogens (tertiary/aromatic N) is 4. The van der Waals surface area contributed by atoms with E-state index in [1.807, 2.05) is 24.3 Å². The summed E-state index contributed by atoms with van der Waals surface area (Å²) in [5.41, 5.74) is 14.3. The van der Waals surface area contributed by atoms with Crippen molar-refractivity contribution < 1.29 is 4.79 Å². The van der Waals surface area contributed by atoms with Gasteiger partial charge in [-0.05, 0) is 90.5 Å². The number of halogens is 2. The van der Waals surface area contributed by atoms with E-state index in [-0.39, 0.29) is 22.6 Å². The van der Waals surface area contributed by atoms with Crippen LogP contribution in [0.15, 0.2) is 59.6 Å². The van der Waals surface area contributed by atoms with E-state index in [1.165, 1.54) is 5.56 Å². The lowest BCUT2D eigenvalue weighted by molar-refractivity contribution is 0.0972. The molecule has 2 aromatic carbocycles. The van der Waals surface area contributed by atoms with Crippen LogP contribution in [0.5, 0.6) is 0 Å². The molecule has 6 N–H and O–H groups in total. The standard InChI is InChI=1S/C28H34ClIN8O/c29-24-26(34-18-21-6-8-22(30)9-7-21)36-25(31)23(35-24)27(39)37-28(32)33-14-10-20-12-16-38(17-13-20)15-11-19-4-2-1-3-5-19/h1-9,20H,10-18H2,(H3,31,34,36)(H3,32,33,37,39). The van der Waals surface area contributed by atoms with Crippen LogP contribution in [0.2, 0.25) is 5.15 Å². The van der Waals surface area contributed by atoms with Gasteiger partial charge in [0, 0.05) is 23.2 Å². The summed E-state index contributed by atoms with van der Waals surface area (Å²) in [5.74, 6) is 0.286. The van der Waals surface area contributed by atoms with Crippen LogP contribution in [0.3, 0.4) is 0 Å². The molecule has 0 radical (unpaired) electrons. The van der Waals surface area contributed by atoms with E-state index in [0.717, 1.165) is 54.5 Å². The van der Waals surface area contributed by atoms with Crippen molar-refractivity contribution >= 4 is 57.7 Å². The molecule has 39 heavy (non-hydrogen) atoms. The Balaban J connectivity index is 1.19. The summed E-state index contributed by atoms with van der Waals surface area (Å²) < 4.78 is 1.15. The van der Waals surface area contributed by atoms with Crippen molar-refractivity contribution in [3.63, 3.8) is 0 Å². The Morgan fingerprint density at radius 2 is 1.79 bits per heavy atom. The van der Waals surface area contributed by atoms with Crippen LogP contribution >= 0.6 is 34.2 Å². The van der Waals surface area contributed by atoms with Crippen LogP contribution in [0.4, 0.5) is 11.6 Å². The third-order valence-corrected chi connectivity index (χ3v) is 7.78. The SMILES string of the molecule is NC(=NCCC1CCN(CCc2ccccc2)CC1)NC(=O)c1nc(Cl)c(NCc2ccc(I)cc2)nc1N. The number of likely N-dealkylation sites (tertiary alicyclic amines) is 1. The van der Waals surface area contributed by atoms with Gasteiger partial charge in [-0.15, -0.1) is 0 Å². The third-order valence-electron chi connectivity index (χ3n) is 6.80. The molecule has 1 aromatic heterocycles. The number of rotatable bonds is 10. The second-order valence-electron chi connectivity index (χ2n) is 9.61. The van der Waals surface area contributed by atoms with Gasteiger partial charge in [0.15, 0.2) is 28.4 Å². The highest BCUT2D eigenvalue weighted by molar-refractivity contribution is 14.1. The summed E-state index contributed by atoms with van der Waals surface area (Å²) in [4.78, 5) is 27.9. The normalized spacial score (nSPS) is 14.8. The summed E-state index contributed by atoms with van der Waals surface area (Å²) in [6.07, 6.45) is 4.30. The second-order valence-corrected chi connectivity index (χ2v) is 11.2. The topological polar surface area (TPSA) is 135 Å². The molecule has 1 saturated heterocycles. The number of aromatic nitrogens is 2. The number of piperidine rings is 1. The van der Waals surface area contributed by atoms with Crippen LogP contribution < -0.4 is 22.1 Å². The minimum Gasteiger partial charge on any atom is -0.382 e. The number of carbonyl (C=O) groups is 1. The van der Waals surface area contributed by atoms with E-state index in [9.17, 15) is 4.79 Å². The van der Waals surface area contributed by atoms with E-state index in [1.54, 1.807) is 0 Å². The number of nitrogen functional groups attached to an aromatic ring is 1. The lowest BCUT2D eigenvalue weighted by Gasteiger charge is -2.31. The highest BCUT2D eigenvalue weighted by atomic mass is 127. The number of benzene rings is 2. The molecule has 4 rings (SSSR count). The lowest BCUT2D eigenvalue weighted by Crippen LogP contribution is -2.38. The Labute approximate surface area is 248 Å². The summed E-state index contributed by atoms with van der Waals surface area (Å²) in [7, 11) is 0. The van der Waals surface area contributed by atoms with Gasteiger partial charge in [-0.25, -0.2) is 9.97 Å². The first-order chi connectivity index (χ1) is 18.9. The molecule has 1 aliphatic heterocycles. The van der Waals surface area contributed by atoms with E-state index >= 15 is 0 Å². The van der Waals surface area contributed by atoms with Crippen LogP contribution in [0, 0.1) is 9.49 Å². The molecule has 0 saturated carbocycles. The predicted molar refractivity (Wildman–Crippen MR) is 166 cm³/mol. The first-order valence-corrected chi connectivity index (χ1v) is 14.5. The summed E-state index contributed by atoms with van der Waals surface area (Å²) >= 11 is 8.51. The van der Waals surface area contributed by atoms with Crippen molar-refractivity contribution in [3.8, 4) is 0 Å². The number of nitrogens with two attached hydrogens (primary N) is 2. The first-order valence-electron chi connectivity index (χ1n) is 13.1. The molecular weight excluding hydrogens is 627 g/mol. The number of anilines is 2. The largest absolute Gasteiger partial charge is 0.382 e. The number of guanidine groups is 1. The third kappa shape index (κ3) is 9.04. The Bertz CT molecular complexity index is 1260. The maximum absolute atomic E-state index is 12.7. The molecule has 0 aliphatic carbocycles. The van der Waals surface area contributed by atoms with Crippen LogP contribution in [0.1, 0.15) is 40.9 Å². The van der Waals surface area contributed by atoms with E-state index < -0.39 is 5.91 Å². The van der Waals surface area contributed by atoms with Crippen molar-refractivity contribution in [2.24, 2.45) is 16.6 Å². The molecule has 0 atom stereocenters. The van der Waals surface area contributed by atoms with Gasteiger partial charge in [-0.3, -0.25) is 15.1 Å². The summed E-state index contributed by atoms with van der Waals surface area (Å²) in [5, 5.41) is 5.69. The van der Waals surface area contributed by atoms with Gasteiger partial charge < -0.3 is 21.7 Å². The molecule has 0 spiro atoms. The summed E-state index contributed by atoms with van der Waals surface area (Å²) in [6.45, 7) is 4.32. The van der Waals surface area contributed by atoms with Gasteiger partial charge in [0.25, 0.3) is 5.91 Å². The molecular formula is C28H34ClIN8O. The zero-order valence-corrected chi connectivity index (χ0v) is 24.7. The molecule has 3 aromatic rings. The van der Waals surface area contributed by atoms with Gasteiger partial charge in [0.05, 0.1) is 0 Å². The van der Waals surface area contributed by atoms with E-state index in [4.69, 9.17) is 23.1 Å². The Kier molecular flexibility index (Phi) is 10.7. The van der Waals surface area contributed by atoms with Gasteiger partial charge in [-0.2, -0.15) is 0 Å². The molecule has 2 heterocycles. The minimum absolute atomic E-state index is 0.0264. The van der Waals surface area contributed by atoms with Gasteiger partial charge in [0.2, 0.25) is 0 Å².